The van der Waals surface area contributed by atoms with Gasteiger partial charge in [0, 0.05) is 23.1 Å². The zero-order valence-corrected chi connectivity index (χ0v) is 17.2. The average Bonchev–Trinajstić information content (AvgIpc) is 3.30. The molecule has 30 heavy (non-hydrogen) atoms. The Morgan fingerprint density at radius 2 is 2.03 bits per heavy atom. The number of thiophene rings is 1. The normalized spacial score (nSPS) is 15.9. The minimum absolute atomic E-state index is 0. The van der Waals surface area contributed by atoms with Gasteiger partial charge in [-0.15, -0.1) is 25.6 Å². The molecule has 160 valence electrons. The number of ether oxygens (including phenoxy) is 1. The molecule has 3 heterocycles. The quantitative estimate of drug-likeness (QED) is 0.576. The third kappa shape index (κ3) is 4.33. The lowest BCUT2D eigenvalue weighted by molar-refractivity contribution is -0.274. The van der Waals surface area contributed by atoms with Crippen LogP contribution in [0.15, 0.2) is 47.2 Å². The summed E-state index contributed by atoms with van der Waals surface area (Å²) < 4.78 is 44.0. The van der Waals surface area contributed by atoms with E-state index in [1.807, 2.05) is 21.4 Å². The number of amides is 1. The van der Waals surface area contributed by atoms with Crippen LogP contribution in [0.1, 0.15) is 23.0 Å². The van der Waals surface area contributed by atoms with E-state index in [2.05, 4.69) is 10.1 Å². The number of aromatic nitrogens is 1. The lowest BCUT2D eigenvalue weighted by Crippen LogP contribution is -2.39. The van der Waals surface area contributed by atoms with Crippen molar-refractivity contribution in [2.75, 3.05) is 13.1 Å². The van der Waals surface area contributed by atoms with Crippen LogP contribution >= 0.6 is 23.7 Å². The number of fused-ring (bicyclic) bond motifs is 1. The van der Waals surface area contributed by atoms with Crippen molar-refractivity contribution in [1.29, 1.82) is 0 Å². The van der Waals surface area contributed by atoms with Gasteiger partial charge in [-0.3, -0.25) is 4.79 Å². The maximum absolute atomic E-state index is 12.7. The number of carbonyl (C=O) groups is 1. The molecule has 3 aromatic rings. The van der Waals surface area contributed by atoms with Crippen molar-refractivity contribution in [2.24, 2.45) is 5.73 Å². The fourth-order valence-corrected chi connectivity index (χ4v) is 4.31. The van der Waals surface area contributed by atoms with Crippen LogP contribution in [-0.4, -0.2) is 29.9 Å². The van der Waals surface area contributed by atoms with E-state index in [1.54, 1.807) is 12.1 Å². The van der Waals surface area contributed by atoms with Gasteiger partial charge in [-0.1, -0.05) is 12.1 Å². The summed E-state index contributed by atoms with van der Waals surface area (Å²) in [7, 11) is 0. The first-order valence-corrected chi connectivity index (χ1v) is 9.94. The molecule has 0 unspecified atom stereocenters. The van der Waals surface area contributed by atoms with Crippen LogP contribution in [0.25, 0.3) is 22.4 Å². The summed E-state index contributed by atoms with van der Waals surface area (Å²) in [4.78, 5) is 12.5. The highest BCUT2D eigenvalue weighted by atomic mass is 35.5. The van der Waals surface area contributed by atoms with Crippen LogP contribution in [0.5, 0.6) is 5.75 Å². The van der Waals surface area contributed by atoms with Crippen LogP contribution < -0.4 is 15.8 Å². The second kappa shape index (κ2) is 8.71. The summed E-state index contributed by atoms with van der Waals surface area (Å²) in [6, 6.07) is 9.40. The highest BCUT2D eigenvalue weighted by Crippen LogP contribution is 2.41. The molecule has 0 fully saturated rings. The Balaban J connectivity index is 0.00000256. The Morgan fingerprint density at radius 1 is 1.23 bits per heavy atom. The smallest absolute Gasteiger partial charge is 0.406 e. The van der Waals surface area contributed by atoms with Crippen molar-refractivity contribution in [1.82, 2.24) is 9.88 Å². The minimum atomic E-state index is -4.78. The van der Waals surface area contributed by atoms with E-state index < -0.39 is 6.36 Å². The summed E-state index contributed by atoms with van der Waals surface area (Å²) in [5.41, 5.74) is 9.13. The van der Waals surface area contributed by atoms with Gasteiger partial charge in [0.1, 0.15) is 11.4 Å². The number of hydrogen-bond donors (Lipinski definition) is 2. The first kappa shape index (κ1) is 22.2. The molecule has 3 N–H and O–H groups in total. The number of benzene rings is 1. The topological polar surface area (TPSA) is 69.3 Å². The first-order valence-electron chi connectivity index (χ1n) is 8.99. The van der Waals surface area contributed by atoms with Crippen LogP contribution in [0.2, 0.25) is 0 Å². The molecule has 4 rings (SSSR count). The molecule has 0 aliphatic carbocycles. The summed E-state index contributed by atoms with van der Waals surface area (Å²) >= 11 is 1.51. The van der Waals surface area contributed by atoms with Gasteiger partial charge in [0.2, 0.25) is 0 Å². The molecule has 0 saturated carbocycles. The van der Waals surface area contributed by atoms with Crippen molar-refractivity contribution in [2.45, 2.75) is 18.8 Å². The Hall–Kier alpha value is -2.49. The molecule has 0 spiro atoms. The van der Waals surface area contributed by atoms with E-state index in [1.165, 1.54) is 29.5 Å². The van der Waals surface area contributed by atoms with Gasteiger partial charge < -0.3 is 20.4 Å². The second-order valence-corrected chi connectivity index (χ2v) is 7.47. The lowest BCUT2D eigenvalue weighted by atomic mass is 10.0. The second-order valence-electron chi connectivity index (χ2n) is 6.69. The predicted octanol–water partition coefficient (Wildman–Crippen LogP) is 4.84. The fourth-order valence-electron chi connectivity index (χ4n) is 3.67. The third-order valence-corrected chi connectivity index (χ3v) is 5.49. The van der Waals surface area contributed by atoms with Crippen molar-refractivity contribution in [3.8, 4) is 28.1 Å². The Bertz CT molecular complexity index is 1030. The maximum atomic E-state index is 12.7. The van der Waals surface area contributed by atoms with Gasteiger partial charge in [0.15, 0.2) is 0 Å². The number of halogens is 4. The molecule has 0 bridgehead atoms. The molecular formula is C20H19ClF3N3O2S. The number of rotatable bonds is 5. The monoisotopic (exact) mass is 457 g/mol. The largest absolute Gasteiger partial charge is 0.573 e. The molecule has 1 aliphatic rings. The molecule has 0 radical (unpaired) electrons. The fraction of sp³-hybridized carbons (Fsp3) is 0.250. The van der Waals surface area contributed by atoms with Gasteiger partial charge in [-0.25, -0.2) is 0 Å². The van der Waals surface area contributed by atoms with Crippen LogP contribution in [0, 0.1) is 0 Å². The van der Waals surface area contributed by atoms with E-state index in [0.717, 1.165) is 11.3 Å². The van der Waals surface area contributed by atoms with Crippen molar-refractivity contribution in [3.05, 3.63) is 52.9 Å². The highest BCUT2D eigenvalue weighted by molar-refractivity contribution is 7.08. The summed E-state index contributed by atoms with van der Waals surface area (Å²) in [6.07, 6.45) is -4.11. The average molecular weight is 458 g/mol. The van der Waals surface area contributed by atoms with E-state index >= 15 is 0 Å². The van der Waals surface area contributed by atoms with E-state index in [4.69, 9.17) is 5.73 Å². The summed E-state index contributed by atoms with van der Waals surface area (Å²) in [5, 5.41) is 6.74. The van der Waals surface area contributed by atoms with E-state index in [0.29, 0.717) is 36.3 Å². The molecule has 1 atom stereocenters. The SMILES string of the molecule is Cl.NCC[C@@H]1CNC(=O)c2cc(-c3cccc(OC(F)(F)F)c3)c(-c3ccsc3)n21. The van der Waals surface area contributed by atoms with E-state index in [-0.39, 0.29) is 30.1 Å². The van der Waals surface area contributed by atoms with Gasteiger partial charge in [-0.05, 0) is 48.2 Å². The number of carbonyl (C=O) groups excluding carboxylic acids is 1. The van der Waals surface area contributed by atoms with Crippen molar-refractivity contribution < 1.29 is 22.7 Å². The molecule has 1 amide bonds. The van der Waals surface area contributed by atoms with Crippen molar-refractivity contribution >= 4 is 29.7 Å². The zero-order chi connectivity index (χ0) is 20.6. The maximum Gasteiger partial charge on any atom is 0.573 e. The third-order valence-electron chi connectivity index (χ3n) is 4.81. The predicted molar refractivity (Wildman–Crippen MR) is 112 cm³/mol. The number of nitrogens with two attached hydrogens (primary N) is 1. The number of hydrogen-bond acceptors (Lipinski definition) is 4. The standard InChI is InChI=1S/C20H18F3N3O2S.ClH/c21-20(22,23)28-15-3-1-2-12(8-15)16-9-17-19(27)25-10-14(4-6-24)26(17)18(16)13-5-7-29-11-13;/h1-3,5,7-9,11,14H,4,6,10,24H2,(H,25,27);1H/t14-;/m1./s1. The van der Waals surface area contributed by atoms with Gasteiger partial charge in [0.05, 0.1) is 11.7 Å². The molecular weight excluding hydrogens is 439 g/mol. The lowest BCUT2D eigenvalue weighted by Gasteiger charge is -2.28. The highest BCUT2D eigenvalue weighted by Gasteiger charge is 2.32. The molecule has 5 nitrogen and oxygen atoms in total. The Kier molecular flexibility index (Phi) is 6.44. The molecule has 1 aliphatic heterocycles. The zero-order valence-electron chi connectivity index (χ0n) is 15.6. The van der Waals surface area contributed by atoms with Crippen LogP contribution in [-0.2, 0) is 0 Å². The molecule has 1 aromatic carbocycles. The van der Waals surface area contributed by atoms with Gasteiger partial charge >= 0.3 is 6.36 Å². The molecule has 0 saturated heterocycles. The van der Waals surface area contributed by atoms with Crippen LogP contribution in [0.4, 0.5) is 13.2 Å². The number of alkyl halides is 3. The number of nitrogens with one attached hydrogen (secondary N) is 1. The van der Waals surface area contributed by atoms with Crippen LogP contribution in [0.3, 0.4) is 0 Å². The molecule has 10 heteroatoms. The summed E-state index contributed by atoms with van der Waals surface area (Å²) in [5.74, 6) is -0.526. The molecule has 2 aromatic heterocycles. The summed E-state index contributed by atoms with van der Waals surface area (Å²) in [6.45, 7) is 0.900. The minimum Gasteiger partial charge on any atom is -0.406 e. The van der Waals surface area contributed by atoms with E-state index in [9.17, 15) is 18.0 Å². The number of nitrogens with zero attached hydrogens (tertiary/aromatic N) is 1. The van der Waals surface area contributed by atoms with Crippen molar-refractivity contribution in [3.63, 3.8) is 0 Å². The Morgan fingerprint density at radius 3 is 2.70 bits per heavy atom. The Labute approximate surface area is 181 Å². The van der Waals surface area contributed by atoms with Gasteiger partial charge in [-0.2, -0.15) is 11.3 Å². The first-order chi connectivity index (χ1) is 13.9. The van der Waals surface area contributed by atoms with Gasteiger partial charge in [0.25, 0.3) is 5.91 Å².